The highest BCUT2D eigenvalue weighted by Gasteiger charge is 2.27. The van der Waals surface area contributed by atoms with Crippen molar-refractivity contribution in [2.75, 3.05) is 12.4 Å². The summed E-state index contributed by atoms with van der Waals surface area (Å²) in [5.74, 6) is 0.731. The Kier molecular flexibility index (Phi) is 6.37. The predicted octanol–water partition coefficient (Wildman–Crippen LogP) is 5.20. The van der Waals surface area contributed by atoms with Gasteiger partial charge in [-0.25, -0.2) is 4.79 Å². The van der Waals surface area contributed by atoms with Gasteiger partial charge in [-0.2, -0.15) is 0 Å². The number of esters is 1. The van der Waals surface area contributed by atoms with E-state index in [0.717, 1.165) is 23.2 Å². The highest BCUT2D eigenvalue weighted by atomic mass is 32.2. The lowest BCUT2D eigenvalue weighted by molar-refractivity contribution is -0.116. The Bertz CT molecular complexity index is 1180. The number of anilines is 1. The number of hydrogen-bond acceptors (Lipinski definition) is 6. The molecule has 164 valence electrons. The highest BCUT2D eigenvalue weighted by Crippen LogP contribution is 2.32. The topological polar surface area (TPSA) is 80.6 Å². The van der Waals surface area contributed by atoms with Crippen molar-refractivity contribution in [1.82, 2.24) is 5.32 Å². The fourth-order valence-electron chi connectivity index (χ4n) is 3.44. The van der Waals surface area contributed by atoms with Crippen LogP contribution in [0.3, 0.4) is 0 Å². The molecule has 0 aliphatic carbocycles. The predicted molar refractivity (Wildman–Crippen MR) is 127 cm³/mol. The van der Waals surface area contributed by atoms with Gasteiger partial charge in [0.15, 0.2) is 5.50 Å². The molecule has 0 radical (unpaired) electrons. The second kappa shape index (κ2) is 9.36. The maximum absolute atomic E-state index is 12.4. The van der Waals surface area contributed by atoms with Gasteiger partial charge in [0.25, 0.3) is 5.91 Å². The minimum atomic E-state index is -0.377. The zero-order chi connectivity index (χ0) is 22.7. The molecule has 7 heteroatoms. The molecule has 1 amide bonds. The fourth-order valence-corrected chi connectivity index (χ4v) is 4.41. The van der Waals surface area contributed by atoms with Crippen molar-refractivity contribution in [3.05, 3.63) is 82.0 Å². The molecule has 3 aromatic rings. The number of furan rings is 1. The van der Waals surface area contributed by atoms with Crippen molar-refractivity contribution in [2.24, 2.45) is 0 Å². The van der Waals surface area contributed by atoms with Crippen molar-refractivity contribution in [1.29, 1.82) is 0 Å². The molecule has 0 spiro atoms. The van der Waals surface area contributed by atoms with E-state index in [9.17, 15) is 9.59 Å². The van der Waals surface area contributed by atoms with Gasteiger partial charge in [0.2, 0.25) is 0 Å². The van der Waals surface area contributed by atoms with Gasteiger partial charge in [0.1, 0.15) is 11.5 Å². The summed E-state index contributed by atoms with van der Waals surface area (Å²) in [5.41, 5.74) is 4.23. The van der Waals surface area contributed by atoms with Crippen LogP contribution < -0.4 is 10.6 Å². The Hall–Kier alpha value is -3.45. The molecule has 0 bridgehead atoms. The van der Waals surface area contributed by atoms with E-state index in [2.05, 4.69) is 29.7 Å². The van der Waals surface area contributed by atoms with Gasteiger partial charge in [-0.1, -0.05) is 36.9 Å². The quantitative estimate of drug-likeness (QED) is 0.398. The van der Waals surface area contributed by atoms with Crippen LogP contribution >= 0.6 is 11.8 Å². The number of benzene rings is 2. The third-order valence-electron chi connectivity index (χ3n) is 5.20. The maximum atomic E-state index is 12.4. The SMILES string of the molecule is CCc1ccc(N[C@H]2NC(=O)/C(=C/c3ccc(-c4ccc(C(=O)OC)cc4C)o3)S2)cc1. The smallest absolute Gasteiger partial charge is 0.337 e. The average Bonchev–Trinajstić information content (AvgIpc) is 3.40. The third-order valence-corrected chi connectivity index (χ3v) is 6.23. The Balaban J connectivity index is 1.47. The lowest BCUT2D eigenvalue weighted by Gasteiger charge is -2.12. The highest BCUT2D eigenvalue weighted by molar-refractivity contribution is 8.05. The van der Waals surface area contributed by atoms with Crippen molar-refractivity contribution < 1.29 is 18.7 Å². The van der Waals surface area contributed by atoms with Crippen molar-refractivity contribution >= 4 is 35.4 Å². The van der Waals surface area contributed by atoms with E-state index in [1.165, 1.54) is 24.4 Å². The van der Waals surface area contributed by atoms with Crippen LogP contribution in [0, 0.1) is 6.92 Å². The van der Waals surface area contributed by atoms with Crippen LogP contribution in [0.4, 0.5) is 5.69 Å². The molecule has 0 unspecified atom stereocenters. The Labute approximate surface area is 191 Å². The molecule has 2 heterocycles. The molecular weight excluding hydrogens is 424 g/mol. The zero-order valence-electron chi connectivity index (χ0n) is 18.1. The first kappa shape index (κ1) is 21.8. The van der Waals surface area contributed by atoms with Crippen LogP contribution in [0.5, 0.6) is 0 Å². The van der Waals surface area contributed by atoms with Crippen molar-refractivity contribution in [2.45, 2.75) is 25.8 Å². The maximum Gasteiger partial charge on any atom is 0.337 e. The first-order valence-electron chi connectivity index (χ1n) is 10.3. The van der Waals surface area contributed by atoms with Gasteiger partial charge in [-0.15, -0.1) is 0 Å². The number of carbonyl (C=O) groups is 2. The van der Waals surface area contributed by atoms with E-state index >= 15 is 0 Å². The minimum absolute atomic E-state index is 0.144. The number of thioether (sulfide) groups is 1. The summed E-state index contributed by atoms with van der Waals surface area (Å²) >= 11 is 1.41. The summed E-state index contributed by atoms with van der Waals surface area (Å²) in [7, 11) is 1.36. The zero-order valence-corrected chi connectivity index (χ0v) is 18.9. The number of carbonyl (C=O) groups excluding carboxylic acids is 2. The average molecular weight is 449 g/mol. The molecule has 32 heavy (non-hydrogen) atoms. The minimum Gasteiger partial charge on any atom is -0.465 e. The van der Waals surface area contributed by atoms with Gasteiger partial charge in [0.05, 0.1) is 17.6 Å². The van der Waals surface area contributed by atoms with Crippen molar-refractivity contribution in [3.63, 3.8) is 0 Å². The van der Waals surface area contributed by atoms with E-state index in [-0.39, 0.29) is 17.4 Å². The number of amides is 1. The van der Waals surface area contributed by atoms with Crippen LogP contribution in [0.15, 0.2) is 63.9 Å². The standard InChI is InChI=1S/C25H24N2O4S/c1-4-16-5-8-18(9-6-16)26-25-27-23(28)22(32-25)14-19-10-12-21(31-19)20-11-7-17(13-15(20)2)24(29)30-3/h5-14,25-26H,4H2,1-3H3,(H,27,28)/b22-14-/t25-/m0/s1. The Morgan fingerprint density at radius 1 is 1.19 bits per heavy atom. The molecule has 2 aromatic carbocycles. The number of ether oxygens (including phenoxy) is 1. The van der Waals surface area contributed by atoms with Gasteiger partial charge >= 0.3 is 5.97 Å². The van der Waals surface area contributed by atoms with Crippen LogP contribution in [0.2, 0.25) is 0 Å². The van der Waals surface area contributed by atoms with E-state index in [4.69, 9.17) is 9.15 Å². The molecule has 0 saturated carbocycles. The summed E-state index contributed by atoms with van der Waals surface area (Å²) in [6.45, 7) is 4.03. The summed E-state index contributed by atoms with van der Waals surface area (Å²) in [4.78, 5) is 24.7. The largest absolute Gasteiger partial charge is 0.465 e. The second-order valence-corrected chi connectivity index (χ2v) is 8.54. The molecule has 6 nitrogen and oxygen atoms in total. The molecule has 1 atom stereocenters. The molecule has 1 aliphatic heterocycles. The van der Waals surface area contributed by atoms with E-state index in [1.807, 2.05) is 37.3 Å². The van der Waals surface area contributed by atoms with Crippen LogP contribution in [-0.2, 0) is 16.0 Å². The fraction of sp³-hybridized carbons (Fsp3) is 0.200. The van der Waals surface area contributed by atoms with Crippen LogP contribution in [0.1, 0.15) is 34.2 Å². The summed E-state index contributed by atoms with van der Waals surface area (Å²) in [6, 6.07) is 17.2. The molecule has 1 aliphatic rings. The number of aryl methyl sites for hydroxylation is 2. The van der Waals surface area contributed by atoms with E-state index in [0.29, 0.717) is 22.0 Å². The third kappa shape index (κ3) is 4.73. The number of hydrogen-bond donors (Lipinski definition) is 2. The molecule has 4 rings (SSSR count). The first-order valence-corrected chi connectivity index (χ1v) is 11.2. The normalized spacial score (nSPS) is 16.8. The molecular formula is C25H24N2O4S. The van der Waals surface area contributed by atoms with E-state index in [1.54, 1.807) is 18.2 Å². The molecule has 1 aromatic heterocycles. The lowest BCUT2D eigenvalue weighted by atomic mass is 10.0. The molecule has 1 fully saturated rings. The van der Waals surface area contributed by atoms with Gasteiger partial charge in [-0.05, 0) is 60.9 Å². The molecule has 2 N–H and O–H groups in total. The van der Waals surface area contributed by atoms with Crippen LogP contribution in [0.25, 0.3) is 17.4 Å². The summed E-state index contributed by atoms with van der Waals surface area (Å²) < 4.78 is 10.7. The van der Waals surface area contributed by atoms with Gasteiger partial charge < -0.3 is 19.8 Å². The van der Waals surface area contributed by atoms with Crippen molar-refractivity contribution in [3.8, 4) is 11.3 Å². The first-order chi connectivity index (χ1) is 15.5. The monoisotopic (exact) mass is 448 g/mol. The van der Waals surface area contributed by atoms with Crippen LogP contribution in [-0.4, -0.2) is 24.5 Å². The Morgan fingerprint density at radius 2 is 1.97 bits per heavy atom. The van der Waals surface area contributed by atoms with Gasteiger partial charge in [0, 0.05) is 17.3 Å². The number of rotatable bonds is 6. The summed E-state index contributed by atoms with van der Waals surface area (Å²) in [5, 5.41) is 6.25. The second-order valence-electron chi connectivity index (χ2n) is 7.40. The number of methoxy groups -OCH3 is 1. The Morgan fingerprint density at radius 3 is 2.66 bits per heavy atom. The number of nitrogens with one attached hydrogen (secondary N) is 2. The van der Waals surface area contributed by atoms with E-state index < -0.39 is 0 Å². The lowest BCUT2D eigenvalue weighted by Crippen LogP contribution is -2.30. The summed E-state index contributed by atoms with van der Waals surface area (Å²) in [6.07, 6.45) is 2.73. The molecule has 1 saturated heterocycles. The van der Waals surface area contributed by atoms with Gasteiger partial charge in [-0.3, -0.25) is 4.79 Å².